The van der Waals surface area contributed by atoms with E-state index in [1.54, 1.807) is 7.11 Å². The highest BCUT2D eigenvalue weighted by Gasteiger charge is 2.39. The molecule has 0 unspecified atom stereocenters. The molecule has 1 saturated heterocycles. The van der Waals surface area contributed by atoms with Crippen LogP contribution >= 0.6 is 0 Å². The fourth-order valence-electron chi connectivity index (χ4n) is 4.75. The van der Waals surface area contributed by atoms with Crippen molar-refractivity contribution in [2.75, 3.05) is 26.8 Å². The van der Waals surface area contributed by atoms with E-state index in [0.29, 0.717) is 30.8 Å². The smallest absolute Gasteiger partial charge is 0.341 e. The molecular weight excluding hydrogens is 501 g/mol. The predicted octanol–water partition coefficient (Wildman–Crippen LogP) is 4.24. The summed E-state index contributed by atoms with van der Waals surface area (Å²) in [4.78, 5) is 18.8. The van der Waals surface area contributed by atoms with Crippen LogP contribution in [0.15, 0.2) is 35.6 Å². The second-order valence-corrected chi connectivity index (χ2v) is 9.29. The van der Waals surface area contributed by atoms with Crippen molar-refractivity contribution in [1.29, 1.82) is 0 Å². The van der Waals surface area contributed by atoms with E-state index < -0.39 is 35.6 Å². The van der Waals surface area contributed by atoms with Crippen LogP contribution in [0.3, 0.4) is 0 Å². The van der Waals surface area contributed by atoms with Gasteiger partial charge in [-0.25, -0.2) is 23.0 Å². The Kier molecular flexibility index (Phi) is 7.06. The number of urea groups is 1. The van der Waals surface area contributed by atoms with Gasteiger partial charge in [-0.15, -0.1) is 0 Å². The van der Waals surface area contributed by atoms with Crippen LogP contribution in [0.2, 0.25) is 0 Å². The van der Waals surface area contributed by atoms with Crippen molar-refractivity contribution in [2.45, 2.75) is 39.0 Å². The van der Waals surface area contributed by atoms with E-state index in [1.807, 2.05) is 18.5 Å². The number of hydrazone groups is 1. The standard InChI is InChI=1S/C26H27F3N6O3/c1-15-25(16(2)34(32-15)6-7-37-3)22-11-24(21(29)12-30-22)38-20-13-33(14-20)26(36)35-23(4-5-31-35)17-8-18(27)10-19(28)9-17/h5,8-12,20,23H,4,6-7,13-14H2,1-3H3/t23-/m0/s1. The molecule has 0 bridgehead atoms. The Morgan fingerprint density at radius 3 is 2.55 bits per heavy atom. The number of rotatable bonds is 7. The lowest BCUT2D eigenvalue weighted by Gasteiger charge is -2.41. The van der Waals surface area contributed by atoms with Crippen LogP contribution in [0.1, 0.15) is 29.4 Å². The topological polar surface area (TPSA) is 85.1 Å². The largest absolute Gasteiger partial charge is 0.483 e. The fraction of sp³-hybridized carbons (Fsp3) is 0.385. The maximum absolute atomic E-state index is 14.6. The molecule has 0 aliphatic carbocycles. The number of aromatic nitrogens is 3. The summed E-state index contributed by atoms with van der Waals surface area (Å²) in [5.41, 5.74) is 3.28. The number of methoxy groups -OCH3 is 1. The third kappa shape index (κ3) is 4.95. The van der Waals surface area contributed by atoms with E-state index >= 15 is 0 Å². The molecule has 2 aliphatic rings. The number of benzene rings is 1. The average Bonchev–Trinajstić information content (AvgIpc) is 3.44. The SMILES string of the molecule is COCCn1nc(C)c(-c2cc(OC3CN(C(=O)N4N=CC[C@H]4c4cc(F)cc(F)c4)C3)c(F)cn2)c1C. The maximum atomic E-state index is 14.6. The molecule has 2 aromatic heterocycles. The quantitative estimate of drug-likeness (QED) is 0.458. The summed E-state index contributed by atoms with van der Waals surface area (Å²) in [6, 6.07) is 3.68. The summed E-state index contributed by atoms with van der Waals surface area (Å²) >= 11 is 0. The van der Waals surface area contributed by atoms with E-state index in [4.69, 9.17) is 9.47 Å². The molecule has 1 aromatic carbocycles. The number of aryl methyl sites for hydroxylation is 1. The van der Waals surface area contributed by atoms with Crippen LogP contribution in [-0.2, 0) is 11.3 Å². The third-order valence-corrected chi connectivity index (χ3v) is 6.67. The molecule has 1 fully saturated rings. The van der Waals surface area contributed by atoms with E-state index in [-0.39, 0.29) is 18.8 Å². The number of pyridine rings is 1. The number of nitrogens with zero attached hydrogens (tertiary/aromatic N) is 6. The number of carbonyl (C=O) groups is 1. The van der Waals surface area contributed by atoms with Crippen molar-refractivity contribution in [3.8, 4) is 17.0 Å². The molecule has 3 aromatic rings. The van der Waals surface area contributed by atoms with Gasteiger partial charge in [0.1, 0.15) is 17.7 Å². The zero-order chi connectivity index (χ0) is 27.0. The van der Waals surface area contributed by atoms with Gasteiger partial charge in [0.05, 0.1) is 49.9 Å². The van der Waals surface area contributed by atoms with Gasteiger partial charge < -0.3 is 14.4 Å². The van der Waals surface area contributed by atoms with Gasteiger partial charge in [-0.05, 0) is 31.5 Å². The summed E-state index contributed by atoms with van der Waals surface area (Å²) in [6.45, 7) is 5.28. The first kappa shape index (κ1) is 25.7. The second kappa shape index (κ2) is 10.4. The Balaban J connectivity index is 1.25. The number of likely N-dealkylation sites (tertiary alicyclic amines) is 1. The van der Waals surface area contributed by atoms with Crippen molar-refractivity contribution < 1.29 is 27.4 Å². The highest BCUT2D eigenvalue weighted by Crippen LogP contribution is 2.33. The number of hydrogen-bond acceptors (Lipinski definition) is 6. The summed E-state index contributed by atoms with van der Waals surface area (Å²) < 4.78 is 54.8. The van der Waals surface area contributed by atoms with E-state index in [9.17, 15) is 18.0 Å². The number of carbonyl (C=O) groups excluding carboxylic acids is 1. The van der Waals surface area contributed by atoms with E-state index in [1.165, 1.54) is 34.3 Å². The molecule has 0 N–H and O–H groups in total. The molecule has 0 spiro atoms. The normalized spacial score (nSPS) is 17.3. The van der Waals surface area contributed by atoms with Gasteiger partial charge in [0, 0.05) is 43.1 Å². The molecule has 12 heteroatoms. The van der Waals surface area contributed by atoms with Crippen molar-refractivity contribution in [3.05, 3.63) is 64.9 Å². The third-order valence-electron chi connectivity index (χ3n) is 6.67. The second-order valence-electron chi connectivity index (χ2n) is 9.29. The van der Waals surface area contributed by atoms with Crippen molar-refractivity contribution in [2.24, 2.45) is 5.10 Å². The summed E-state index contributed by atoms with van der Waals surface area (Å²) in [5.74, 6) is -2.02. The first-order valence-electron chi connectivity index (χ1n) is 12.2. The monoisotopic (exact) mass is 528 g/mol. The van der Waals surface area contributed by atoms with Gasteiger partial charge in [0.2, 0.25) is 0 Å². The van der Waals surface area contributed by atoms with Crippen molar-refractivity contribution in [1.82, 2.24) is 24.7 Å². The lowest BCUT2D eigenvalue weighted by Crippen LogP contribution is -2.58. The number of hydrogen-bond donors (Lipinski definition) is 0. The summed E-state index contributed by atoms with van der Waals surface area (Å²) in [6.07, 6.45) is 2.55. The highest BCUT2D eigenvalue weighted by molar-refractivity contribution is 5.79. The summed E-state index contributed by atoms with van der Waals surface area (Å²) in [5, 5.41) is 9.85. The van der Waals surface area contributed by atoms with Gasteiger partial charge in [0.25, 0.3) is 0 Å². The van der Waals surface area contributed by atoms with Crippen LogP contribution in [0.5, 0.6) is 5.75 Å². The minimum atomic E-state index is -0.719. The zero-order valence-electron chi connectivity index (χ0n) is 21.2. The molecular formula is C26H27F3N6O3. The van der Waals surface area contributed by atoms with Gasteiger partial charge in [-0.1, -0.05) is 0 Å². The van der Waals surface area contributed by atoms with Crippen LogP contribution in [0.4, 0.5) is 18.0 Å². The van der Waals surface area contributed by atoms with Crippen LogP contribution in [0, 0.1) is 31.3 Å². The van der Waals surface area contributed by atoms with Gasteiger partial charge >= 0.3 is 6.03 Å². The van der Waals surface area contributed by atoms with E-state index in [2.05, 4.69) is 15.2 Å². The Labute approximate surface area is 217 Å². The molecule has 5 rings (SSSR count). The maximum Gasteiger partial charge on any atom is 0.341 e. The Morgan fingerprint density at radius 2 is 1.84 bits per heavy atom. The average molecular weight is 529 g/mol. The summed E-state index contributed by atoms with van der Waals surface area (Å²) in [7, 11) is 1.62. The number of amides is 2. The van der Waals surface area contributed by atoms with Gasteiger partial charge in [-0.3, -0.25) is 9.67 Å². The van der Waals surface area contributed by atoms with Crippen LogP contribution < -0.4 is 4.74 Å². The van der Waals surface area contributed by atoms with Crippen molar-refractivity contribution >= 4 is 12.2 Å². The Hall–Kier alpha value is -3.93. The first-order chi connectivity index (χ1) is 18.2. The molecule has 9 nitrogen and oxygen atoms in total. The Morgan fingerprint density at radius 1 is 1.11 bits per heavy atom. The molecule has 2 amide bonds. The molecule has 38 heavy (non-hydrogen) atoms. The fourth-order valence-corrected chi connectivity index (χ4v) is 4.75. The zero-order valence-corrected chi connectivity index (χ0v) is 21.2. The minimum absolute atomic E-state index is 0.0304. The minimum Gasteiger partial charge on any atom is -0.483 e. The first-order valence-corrected chi connectivity index (χ1v) is 12.2. The highest BCUT2D eigenvalue weighted by atomic mass is 19.1. The van der Waals surface area contributed by atoms with E-state index in [0.717, 1.165) is 29.2 Å². The lowest BCUT2D eigenvalue weighted by molar-refractivity contribution is 0.0256. The van der Waals surface area contributed by atoms with Crippen molar-refractivity contribution in [3.63, 3.8) is 0 Å². The number of ether oxygens (including phenoxy) is 2. The van der Waals surface area contributed by atoms with Crippen LogP contribution in [-0.4, -0.2) is 69.8 Å². The molecule has 1 atom stereocenters. The lowest BCUT2D eigenvalue weighted by atomic mass is 10.0. The molecule has 4 heterocycles. The van der Waals surface area contributed by atoms with Crippen LogP contribution in [0.25, 0.3) is 11.3 Å². The predicted molar refractivity (Wildman–Crippen MR) is 132 cm³/mol. The molecule has 2 aliphatic heterocycles. The van der Waals surface area contributed by atoms with Gasteiger partial charge in [-0.2, -0.15) is 10.2 Å². The Bertz CT molecular complexity index is 1370. The van der Waals surface area contributed by atoms with Gasteiger partial charge in [0.15, 0.2) is 11.6 Å². The number of halogens is 3. The molecule has 0 saturated carbocycles. The molecule has 200 valence electrons. The molecule has 0 radical (unpaired) electrons.